The standard InChI is InChI=1S/C19H23ClN2O3/c1-12-9-16(18(25-4)10-15(12)20)22-19(23)11-21-13(2)14-7-5-6-8-17(14)24-3/h5-10,13,21H,11H2,1-4H3,(H,22,23)/p+1/t13-/m0/s1. The Hall–Kier alpha value is -2.24. The molecular formula is C19H24ClN2O3+. The summed E-state index contributed by atoms with van der Waals surface area (Å²) < 4.78 is 10.7. The number of anilines is 1. The minimum atomic E-state index is -0.109. The zero-order valence-corrected chi connectivity index (χ0v) is 15.7. The molecule has 0 radical (unpaired) electrons. The molecular weight excluding hydrogens is 340 g/mol. The fraction of sp³-hybridized carbons (Fsp3) is 0.316. The summed E-state index contributed by atoms with van der Waals surface area (Å²) in [5.74, 6) is 1.25. The molecule has 0 aliphatic rings. The number of carbonyl (C=O) groups is 1. The van der Waals surface area contributed by atoms with Gasteiger partial charge in [-0.3, -0.25) is 4.79 Å². The molecule has 6 heteroatoms. The van der Waals surface area contributed by atoms with Gasteiger partial charge in [0.2, 0.25) is 0 Å². The summed E-state index contributed by atoms with van der Waals surface area (Å²) in [5, 5.41) is 5.44. The smallest absolute Gasteiger partial charge is 0.279 e. The molecule has 0 saturated carbocycles. The molecule has 0 aliphatic carbocycles. The van der Waals surface area contributed by atoms with E-state index in [9.17, 15) is 4.79 Å². The number of hydrogen-bond donors (Lipinski definition) is 2. The van der Waals surface area contributed by atoms with Crippen LogP contribution >= 0.6 is 11.6 Å². The van der Waals surface area contributed by atoms with Crippen LogP contribution in [0.3, 0.4) is 0 Å². The normalized spacial score (nSPS) is 11.7. The first-order valence-corrected chi connectivity index (χ1v) is 8.44. The minimum Gasteiger partial charge on any atom is -0.496 e. The molecule has 0 aromatic heterocycles. The molecule has 1 amide bonds. The van der Waals surface area contributed by atoms with Gasteiger partial charge in [-0.25, -0.2) is 0 Å². The van der Waals surface area contributed by atoms with Crippen molar-refractivity contribution in [2.24, 2.45) is 0 Å². The average molecular weight is 364 g/mol. The largest absolute Gasteiger partial charge is 0.496 e. The van der Waals surface area contributed by atoms with Crippen molar-refractivity contribution in [3.8, 4) is 11.5 Å². The highest BCUT2D eigenvalue weighted by Gasteiger charge is 2.16. The fourth-order valence-corrected chi connectivity index (χ4v) is 2.74. The lowest BCUT2D eigenvalue weighted by Crippen LogP contribution is -2.86. The second kappa shape index (κ2) is 8.74. The molecule has 0 spiro atoms. The number of para-hydroxylation sites is 1. The number of aryl methyl sites for hydroxylation is 1. The molecule has 0 bridgehead atoms. The Morgan fingerprint density at radius 3 is 2.56 bits per heavy atom. The van der Waals surface area contributed by atoms with E-state index in [2.05, 4.69) is 5.32 Å². The summed E-state index contributed by atoms with van der Waals surface area (Å²) >= 11 is 6.09. The molecule has 0 fully saturated rings. The Kier molecular flexibility index (Phi) is 6.67. The Bertz CT molecular complexity index is 749. The Balaban J connectivity index is 2.00. The average Bonchev–Trinajstić information content (AvgIpc) is 2.62. The molecule has 1 atom stereocenters. The van der Waals surface area contributed by atoms with Crippen LogP contribution in [0, 0.1) is 6.92 Å². The first-order chi connectivity index (χ1) is 12.0. The van der Waals surface area contributed by atoms with Crippen LogP contribution in [0.2, 0.25) is 5.02 Å². The molecule has 2 aromatic carbocycles. The number of nitrogens with one attached hydrogen (secondary N) is 1. The maximum Gasteiger partial charge on any atom is 0.279 e. The van der Waals surface area contributed by atoms with Crippen LogP contribution in [0.4, 0.5) is 5.69 Å². The monoisotopic (exact) mass is 363 g/mol. The maximum atomic E-state index is 12.3. The Morgan fingerprint density at radius 2 is 1.88 bits per heavy atom. The number of nitrogens with two attached hydrogens (primary N) is 1. The summed E-state index contributed by atoms with van der Waals surface area (Å²) in [6.45, 7) is 4.20. The van der Waals surface area contributed by atoms with E-state index >= 15 is 0 Å². The van der Waals surface area contributed by atoms with Crippen molar-refractivity contribution >= 4 is 23.2 Å². The van der Waals surface area contributed by atoms with E-state index in [1.165, 1.54) is 0 Å². The van der Waals surface area contributed by atoms with E-state index < -0.39 is 0 Å². The van der Waals surface area contributed by atoms with Crippen LogP contribution in [-0.4, -0.2) is 26.7 Å². The van der Waals surface area contributed by atoms with E-state index in [1.54, 1.807) is 20.3 Å². The summed E-state index contributed by atoms with van der Waals surface area (Å²) in [6.07, 6.45) is 0. The van der Waals surface area contributed by atoms with Gasteiger partial charge in [0, 0.05) is 11.1 Å². The molecule has 0 aliphatic heterocycles. The van der Waals surface area contributed by atoms with Crippen LogP contribution in [0.15, 0.2) is 36.4 Å². The van der Waals surface area contributed by atoms with Gasteiger partial charge >= 0.3 is 0 Å². The molecule has 134 valence electrons. The van der Waals surface area contributed by atoms with Crippen molar-refractivity contribution in [1.82, 2.24) is 0 Å². The highest BCUT2D eigenvalue weighted by atomic mass is 35.5. The van der Waals surface area contributed by atoms with E-state index in [1.807, 2.05) is 49.5 Å². The van der Waals surface area contributed by atoms with Crippen LogP contribution < -0.4 is 20.1 Å². The van der Waals surface area contributed by atoms with Gasteiger partial charge in [0.15, 0.2) is 6.54 Å². The lowest BCUT2D eigenvalue weighted by atomic mass is 10.1. The van der Waals surface area contributed by atoms with Gasteiger partial charge in [-0.1, -0.05) is 23.7 Å². The SMILES string of the molecule is COc1cc(Cl)c(C)cc1NC(=O)C[NH2+][C@@H](C)c1ccccc1OC. The number of amides is 1. The third-order valence-corrected chi connectivity index (χ3v) is 4.45. The molecule has 0 saturated heterocycles. The molecule has 25 heavy (non-hydrogen) atoms. The van der Waals surface area contributed by atoms with E-state index in [0.29, 0.717) is 16.5 Å². The van der Waals surface area contributed by atoms with Gasteiger partial charge in [-0.15, -0.1) is 0 Å². The Morgan fingerprint density at radius 1 is 1.20 bits per heavy atom. The molecule has 0 unspecified atom stereocenters. The lowest BCUT2D eigenvalue weighted by molar-refractivity contribution is -0.682. The minimum absolute atomic E-state index is 0.0933. The molecule has 3 N–H and O–H groups in total. The van der Waals surface area contributed by atoms with Crippen molar-refractivity contribution < 1.29 is 19.6 Å². The summed E-state index contributed by atoms with van der Waals surface area (Å²) in [6, 6.07) is 11.4. The number of rotatable bonds is 7. The highest BCUT2D eigenvalue weighted by Crippen LogP contribution is 2.30. The first kappa shape index (κ1) is 19.1. The molecule has 2 aromatic rings. The van der Waals surface area contributed by atoms with Crippen molar-refractivity contribution in [3.05, 3.63) is 52.5 Å². The van der Waals surface area contributed by atoms with E-state index in [0.717, 1.165) is 16.9 Å². The van der Waals surface area contributed by atoms with Crippen LogP contribution in [-0.2, 0) is 4.79 Å². The molecule has 0 heterocycles. The van der Waals surface area contributed by atoms with Crippen LogP contribution in [0.5, 0.6) is 11.5 Å². The topological polar surface area (TPSA) is 64.2 Å². The van der Waals surface area contributed by atoms with Gasteiger partial charge in [-0.2, -0.15) is 0 Å². The lowest BCUT2D eigenvalue weighted by Gasteiger charge is -2.15. The van der Waals surface area contributed by atoms with Crippen molar-refractivity contribution in [2.75, 3.05) is 26.1 Å². The quantitative estimate of drug-likeness (QED) is 0.795. The second-order valence-electron chi connectivity index (χ2n) is 5.82. The maximum absolute atomic E-state index is 12.3. The van der Waals surface area contributed by atoms with Gasteiger partial charge < -0.3 is 20.1 Å². The van der Waals surface area contributed by atoms with E-state index in [4.69, 9.17) is 21.1 Å². The van der Waals surface area contributed by atoms with Gasteiger partial charge in [0.1, 0.15) is 17.5 Å². The summed E-state index contributed by atoms with van der Waals surface area (Å²) in [5.41, 5.74) is 2.55. The summed E-state index contributed by atoms with van der Waals surface area (Å²) in [7, 11) is 3.19. The predicted octanol–water partition coefficient (Wildman–Crippen LogP) is 2.93. The number of ether oxygens (including phenoxy) is 2. The predicted molar refractivity (Wildman–Crippen MR) is 99.6 cm³/mol. The number of hydrogen-bond acceptors (Lipinski definition) is 3. The van der Waals surface area contributed by atoms with Crippen LogP contribution in [0.25, 0.3) is 0 Å². The molecule has 2 rings (SSSR count). The van der Waals surface area contributed by atoms with Crippen molar-refractivity contribution in [3.63, 3.8) is 0 Å². The molecule has 5 nitrogen and oxygen atoms in total. The summed E-state index contributed by atoms with van der Waals surface area (Å²) in [4.78, 5) is 12.3. The van der Waals surface area contributed by atoms with E-state index in [-0.39, 0.29) is 18.5 Å². The number of carbonyl (C=O) groups excluding carboxylic acids is 1. The number of halogens is 1. The van der Waals surface area contributed by atoms with Crippen molar-refractivity contribution in [2.45, 2.75) is 19.9 Å². The number of quaternary nitrogens is 1. The fourth-order valence-electron chi connectivity index (χ4n) is 2.58. The number of benzene rings is 2. The van der Waals surface area contributed by atoms with Gasteiger partial charge in [-0.05, 0) is 37.6 Å². The number of methoxy groups -OCH3 is 2. The first-order valence-electron chi connectivity index (χ1n) is 8.06. The van der Waals surface area contributed by atoms with Crippen molar-refractivity contribution in [1.29, 1.82) is 0 Å². The third-order valence-electron chi connectivity index (χ3n) is 4.04. The second-order valence-corrected chi connectivity index (χ2v) is 6.23. The zero-order valence-electron chi connectivity index (χ0n) is 14.9. The Labute approximate surface area is 153 Å². The van der Waals surface area contributed by atoms with Gasteiger partial charge in [0.05, 0.1) is 25.5 Å². The van der Waals surface area contributed by atoms with Crippen LogP contribution in [0.1, 0.15) is 24.1 Å². The highest BCUT2D eigenvalue weighted by molar-refractivity contribution is 6.31. The zero-order chi connectivity index (χ0) is 18.4. The third kappa shape index (κ3) is 4.87. The van der Waals surface area contributed by atoms with Gasteiger partial charge in [0.25, 0.3) is 5.91 Å².